The lowest BCUT2D eigenvalue weighted by Gasteiger charge is -2.14. The van der Waals surface area contributed by atoms with E-state index in [9.17, 15) is 4.79 Å². The summed E-state index contributed by atoms with van der Waals surface area (Å²) in [5.74, 6) is 1.35. The number of anilines is 1. The second-order valence-corrected chi connectivity index (χ2v) is 6.73. The van der Waals surface area contributed by atoms with E-state index in [1.807, 2.05) is 32.1 Å². The number of allylic oxidation sites excluding steroid dienone is 1. The second-order valence-electron chi connectivity index (χ2n) is 6.22. The van der Waals surface area contributed by atoms with E-state index >= 15 is 0 Å². The smallest absolute Gasteiger partial charge is 0.248 e. The van der Waals surface area contributed by atoms with Gasteiger partial charge in [0.15, 0.2) is 11.5 Å². The van der Waals surface area contributed by atoms with E-state index < -0.39 is 0 Å². The van der Waals surface area contributed by atoms with Gasteiger partial charge in [0.1, 0.15) is 6.61 Å². The molecule has 0 aromatic heterocycles. The molecule has 2 aromatic rings. The van der Waals surface area contributed by atoms with Gasteiger partial charge in [-0.2, -0.15) is 0 Å². The number of amides is 1. The van der Waals surface area contributed by atoms with Gasteiger partial charge in [0, 0.05) is 16.7 Å². The number of methoxy groups -OCH3 is 2. The molecule has 0 aliphatic rings. The first-order valence-electron chi connectivity index (χ1n) is 8.73. The number of thiol groups is 1. The normalized spacial score (nSPS) is 10.5. The van der Waals surface area contributed by atoms with E-state index in [0.717, 1.165) is 16.0 Å². The zero-order chi connectivity index (χ0) is 20.5. The summed E-state index contributed by atoms with van der Waals surface area (Å²) < 4.78 is 16.7. The van der Waals surface area contributed by atoms with Gasteiger partial charge in [-0.15, -0.1) is 12.6 Å². The zero-order valence-corrected chi connectivity index (χ0v) is 17.4. The van der Waals surface area contributed by atoms with E-state index in [-0.39, 0.29) is 5.91 Å². The van der Waals surface area contributed by atoms with E-state index in [1.54, 1.807) is 44.6 Å². The predicted molar refractivity (Wildman–Crippen MR) is 116 cm³/mol. The quantitative estimate of drug-likeness (QED) is 0.373. The summed E-state index contributed by atoms with van der Waals surface area (Å²) in [7, 11) is 3.13. The molecule has 1 amide bonds. The molecule has 0 radical (unpaired) electrons. The van der Waals surface area contributed by atoms with Crippen LogP contribution in [0.15, 0.2) is 59.0 Å². The molecule has 0 fully saturated rings. The fraction of sp³-hybridized carbons (Fsp3) is 0.227. The van der Waals surface area contributed by atoms with Crippen LogP contribution in [-0.4, -0.2) is 26.7 Å². The zero-order valence-electron chi connectivity index (χ0n) is 16.5. The molecular weight excluding hydrogens is 374 g/mol. The first-order chi connectivity index (χ1) is 13.4. The van der Waals surface area contributed by atoms with Crippen molar-refractivity contribution in [3.05, 3.63) is 59.7 Å². The number of carbonyl (C=O) groups is 1. The Kier molecular flexibility index (Phi) is 8.02. The highest BCUT2D eigenvalue weighted by molar-refractivity contribution is 7.80. The summed E-state index contributed by atoms with van der Waals surface area (Å²) in [6.07, 6.45) is 5.11. The van der Waals surface area contributed by atoms with Gasteiger partial charge in [0.05, 0.1) is 14.2 Å². The summed E-state index contributed by atoms with van der Waals surface area (Å²) in [4.78, 5) is 13.0. The van der Waals surface area contributed by atoms with Gasteiger partial charge in [-0.25, -0.2) is 0 Å². The van der Waals surface area contributed by atoms with Gasteiger partial charge in [-0.05, 0) is 68.0 Å². The maximum Gasteiger partial charge on any atom is 0.248 e. The van der Waals surface area contributed by atoms with Gasteiger partial charge < -0.3 is 19.5 Å². The average molecular weight is 400 g/mol. The minimum Gasteiger partial charge on any atom is -0.493 e. The molecule has 6 heteroatoms. The Morgan fingerprint density at radius 3 is 2.21 bits per heavy atom. The number of nitrogens with one attached hydrogen (secondary N) is 1. The number of hydrogen-bond donors (Lipinski definition) is 2. The van der Waals surface area contributed by atoms with Crippen molar-refractivity contribution in [2.45, 2.75) is 18.7 Å². The number of hydrogen-bond acceptors (Lipinski definition) is 5. The molecule has 2 aromatic carbocycles. The number of rotatable bonds is 8. The second kappa shape index (κ2) is 10.5. The fourth-order valence-corrected chi connectivity index (χ4v) is 2.48. The summed E-state index contributed by atoms with van der Waals surface area (Å²) in [5, 5.41) is 2.79. The third-order valence-corrected chi connectivity index (χ3v) is 4.06. The minimum absolute atomic E-state index is 0.242. The topological polar surface area (TPSA) is 56.8 Å². The predicted octanol–water partition coefficient (Wildman–Crippen LogP) is 4.99. The molecule has 0 saturated heterocycles. The summed E-state index contributed by atoms with van der Waals surface area (Å²) in [6.45, 7) is 4.42. The largest absolute Gasteiger partial charge is 0.493 e. The highest BCUT2D eigenvalue weighted by Gasteiger charge is 2.13. The van der Waals surface area contributed by atoms with Crippen molar-refractivity contribution in [3.8, 4) is 17.2 Å². The SMILES string of the molecule is COc1cc(/C=C/C(=O)Nc2ccc(S)cc2)cc(OC)c1OCC=C(C)C. The average Bonchev–Trinajstić information content (AvgIpc) is 2.68. The number of carbonyl (C=O) groups excluding carboxylic acids is 1. The molecule has 0 heterocycles. The molecule has 28 heavy (non-hydrogen) atoms. The number of benzene rings is 2. The molecule has 1 N–H and O–H groups in total. The molecule has 0 aliphatic heterocycles. The van der Waals surface area contributed by atoms with E-state index in [2.05, 4.69) is 17.9 Å². The molecule has 5 nitrogen and oxygen atoms in total. The van der Waals surface area contributed by atoms with Crippen LogP contribution in [0, 0.1) is 0 Å². The van der Waals surface area contributed by atoms with Gasteiger partial charge in [-0.3, -0.25) is 4.79 Å². The molecule has 0 unspecified atom stereocenters. The van der Waals surface area contributed by atoms with Crippen molar-refractivity contribution >= 4 is 30.3 Å². The van der Waals surface area contributed by atoms with Crippen LogP contribution < -0.4 is 19.5 Å². The molecule has 0 bridgehead atoms. The van der Waals surface area contributed by atoms with Gasteiger partial charge >= 0.3 is 0 Å². The Morgan fingerprint density at radius 1 is 1.07 bits per heavy atom. The van der Waals surface area contributed by atoms with Gasteiger partial charge in [0.2, 0.25) is 11.7 Å². The van der Waals surface area contributed by atoms with Crippen LogP contribution in [0.5, 0.6) is 17.2 Å². The third kappa shape index (κ3) is 6.39. The van der Waals surface area contributed by atoms with Crippen molar-refractivity contribution in [3.63, 3.8) is 0 Å². The van der Waals surface area contributed by atoms with Crippen molar-refractivity contribution < 1.29 is 19.0 Å². The monoisotopic (exact) mass is 399 g/mol. The summed E-state index contributed by atoms with van der Waals surface area (Å²) in [6, 6.07) is 10.8. The molecule has 0 atom stereocenters. The van der Waals surface area contributed by atoms with Crippen LogP contribution in [0.25, 0.3) is 6.08 Å². The van der Waals surface area contributed by atoms with Crippen molar-refractivity contribution in [2.75, 3.05) is 26.1 Å². The Labute approximate surface area is 171 Å². The standard InChI is InChI=1S/C22H25NO4S/c1-15(2)11-12-27-22-19(25-3)13-16(14-20(22)26-4)5-10-21(24)23-17-6-8-18(28)9-7-17/h5-11,13-14,28H,12H2,1-4H3,(H,23,24)/b10-5+. The Hall–Kier alpha value is -2.86. The molecule has 0 spiro atoms. The van der Waals surface area contributed by atoms with Crippen LogP contribution >= 0.6 is 12.6 Å². The Bertz CT molecular complexity index is 844. The van der Waals surface area contributed by atoms with E-state index in [1.165, 1.54) is 6.08 Å². The molecule has 2 rings (SSSR count). The van der Waals surface area contributed by atoms with Crippen LogP contribution in [0.3, 0.4) is 0 Å². The first-order valence-corrected chi connectivity index (χ1v) is 9.18. The van der Waals surface area contributed by atoms with Crippen molar-refractivity contribution in [2.24, 2.45) is 0 Å². The Balaban J connectivity index is 2.16. The lowest BCUT2D eigenvalue weighted by Crippen LogP contribution is -2.07. The van der Waals surface area contributed by atoms with Crippen molar-refractivity contribution in [1.29, 1.82) is 0 Å². The van der Waals surface area contributed by atoms with Crippen LogP contribution in [0.4, 0.5) is 5.69 Å². The molecule has 0 saturated carbocycles. The molecule has 0 aliphatic carbocycles. The molecular formula is C22H25NO4S. The van der Waals surface area contributed by atoms with Crippen LogP contribution in [0.2, 0.25) is 0 Å². The van der Waals surface area contributed by atoms with Crippen LogP contribution in [-0.2, 0) is 4.79 Å². The fourth-order valence-electron chi connectivity index (χ4n) is 2.33. The number of ether oxygens (including phenoxy) is 3. The van der Waals surface area contributed by atoms with Gasteiger partial charge in [0.25, 0.3) is 0 Å². The van der Waals surface area contributed by atoms with Crippen molar-refractivity contribution in [1.82, 2.24) is 0 Å². The summed E-state index contributed by atoms with van der Waals surface area (Å²) in [5.41, 5.74) is 2.61. The highest BCUT2D eigenvalue weighted by Crippen LogP contribution is 2.39. The summed E-state index contributed by atoms with van der Waals surface area (Å²) >= 11 is 4.22. The Morgan fingerprint density at radius 2 is 1.68 bits per heavy atom. The first kappa shape index (κ1) is 21.4. The minimum atomic E-state index is -0.242. The van der Waals surface area contributed by atoms with Crippen LogP contribution in [0.1, 0.15) is 19.4 Å². The van der Waals surface area contributed by atoms with E-state index in [0.29, 0.717) is 29.5 Å². The highest BCUT2D eigenvalue weighted by atomic mass is 32.1. The lowest BCUT2D eigenvalue weighted by atomic mass is 10.1. The maximum absolute atomic E-state index is 12.1. The van der Waals surface area contributed by atoms with E-state index in [4.69, 9.17) is 14.2 Å². The maximum atomic E-state index is 12.1. The molecule has 148 valence electrons. The lowest BCUT2D eigenvalue weighted by molar-refractivity contribution is -0.111. The van der Waals surface area contributed by atoms with Gasteiger partial charge in [-0.1, -0.05) is 5.57 Å². The third-order valence-electron chi connectivity index (χ3n) is 3.76.